The molecule has 25 heavy (non-hydrogen) atoms. The number of epoxide rings is 1. The van der Waals surface area contributed by atoms with E-state index in [1.165, 1.54) is 4.31 Å². The molecule has 2 aromatic carbocycles. The molecule has 1 N–H and O–H groups in total. The van der Waals surface area contributed by atoms with Gasteiger partial charge in [0.2, 0.25) is 10.0 Å². The molecule has 1 aliphatic heterocycles. The molecular formula is C18H19NO5S. The molecule has 0 saturated carbocycles. The van der Waals surface area contributed by atoms with Gasteiger partial charge >= 0.3 is 5.97 Å². The summed E-state index contributed by atoms with van der Waals surface area (Å²) in [7, 11) is -2.03. The number of sulfonamides is 1. The highest BCUT2D eigenvalue weighted by atomic mass is 32.2. The summed E-state index contributed by atoms with van der Waals surface area (Å²) < 4.78 is 31.7. The lowest BCUT2D eigenvalue weighted by atomic mass is 10.0. The Morgan fingerprint density at radius 3 is 2.48 bits per heavy atom. The van der Waals surface area contributed by atoms with Crippen LogP contribution in [0.15, 0.2) is 53.4 Å². The lowest BCUT2D eigenvalue weighted by Crippen LogP contribution is -2.30. The maximum atomic E-state index is 12.7. The van der Waals surface area contributed by atoms with Crippen LogP contribution < -0.4 is 0 Å². The number of aliphatic carboxylic acids is 1. The van der Waals surface area contributed by atoms with Crippen molar-refractivity contribution in [2.45, 2.75) is 17.4 Å². The van der Waals surface area contributed by atoms with E-state index in [9.17, 15) is 13.2 Å². The number of hydrogen-bond acceptors (Lipinski definition) is 4. The second-order valence-electron chi connectivity index (χ2n) is 6.04. The molecule has 0 bridgehead atoms. The summed E-state index contributed by atoms with van der Waals surface area (Å²) in [6.07, 6.45) is -0.0485. The molecule has 1 unspecified atom stereocenters. The minimum Gasteiger partial charge on any atom is -0.481 e. The highest BCUT2D eigenvalue weighted by Gasteiger charge is 2.30. The monoisotopic (exact) mass is 361 g/mol. The van der Waals surface area contributed by atoms with Crippen molar-refractivity contribution in [3.05, 3.63) is 54.1 Å². The number of likely N-dealkylation sites (N-methyl/N-ethyl adjacent to an activating group) is 1. The van der Waals surface area contributed by atoms with E-state index in [2.05, 4.69) is 0 Å². The molecule has 1 heterocycles. The third-order valence-corrected chi connectivity index (χ3v) is 5.87. The van der Waals surface area contributed by atoms with Gasteiger partial charge in [-0.15, -0.1) is 0 Å². The van der Waals surface area contributed by atoms with Crippen LogP contribution in [0.1, 0.15) is 5.56 Å². The molecule has 7 heteroatoms. The molecule has 0 aromatic heterocycles. The molecule has 1 aliphatic rings. The van der Waals surface area contributed by atoms with Crippen molar-refractivity contribution in [1.29, 1.82) is 0 Å². The van der Waals surface area contributed by atoms with Crippen molar-refractivity contribution in [3.8, 4) is 11.1 Å². The van der Waals surface area contributed by atoms with Crippen molar-refractivity contribution in [1.82, 2.24) is 4.31 Å². The Kier molecular flexibility index (Phi) is 4.89. The summed E-state index contributed by atoms with van der Waals surface area (Å²) in [6, 6.07) is 13.8. The fourth-order valence-electron chi connectivity index (χ4n) is 2.56. The molecule has 1 saturated heterocycles. The molecule has 1 fully saturated rings. The van der Waals surface area contributed by atoms with Crippen LogP contribution in [0.4, 0.5) is 0 Å². The molecule has 0 amide bonds. The fraction of sp³-hybridized carbons (Fsp3) is 0.278. The SMILES string of the molecule is CN(CC1CO1)S(=O)(=O)c1cccc(-c2ccc(CC(=O)O)cc2)c1. The average Bonchev–Trinajstić information content (AvgIpc) is 3.39. The molecule has 0 radical (unpaired) electrons. The second kappa shape index (κ2) is 6.95. The summed E-state index contributed by atoms with van der Waals surface area (Å²) in [4.78, 5) is 11.0. The van der Waals surface area contributed by atoms with Crippen LogP contribution in [0.5, 0.6) is 0 Å². The standard InChI is InChI=1S/C18H19NO5S/c1-19(11-16-12-24-16)25(22,23)17-4-2-3-15(10-17)14-7-5-13(6-8-14)9-18(20)21/h2-8,10,16H,9,11-12H2,1H3,(H,20,21). The zero-order valence-electron chi connectivity index (χ0n) is 13.8. The fourth-order valence-corrected chi connectivity index (χ4v) is 3.81. The highest BCUT2D eigenvalue weighted by molar-refractivity contribution is 7.89. The van der Waals surface area contributed by atoms with Crippen LogP contribution in [0.2, 0.25) is 0 Å². The van der Waals surface area contributed by atoms with E-state index < -0.39 is 16.0 Å². The van der Waals surface area contributed by atoms with E-state index in [1.54, 1.807) is 49.5 Å². The second-order valence-corrected chi connectivity index (χ2v) is 8.08. The highest BCUT2D eigenvalue weighted by Crippen LogP contribution is 2.25. The van der Waals surface area contributed by atoms with Crippen LogP contribution in [0, 0.1) is 0 Å². The van der Waals surface area contributed by atoms with E-state index in [4.69, 9.17) is 9.84 Å². The van der Waals surface area contributed by atoms with E-state index in [1.807, 2.05) is 6.07 Å². The van der Waals surface area contributed by atoms with E-state index in [0.29, 0.717) is 18.7 Å². The number of ether oxygens (including phenoxy) is 1. The lowest BCUT2D eigenvalue weighted by molar-refractivity contribution is -0.136. The first kappa shape index (κ1) is 17.6. The molecule has 0 aliphatic carbocycles. The Hall–Kier alpha value is -2.22. The molecule has 6 nitrogen and oxygen atoms in total. The zero-order chi connectivity index (χ0) is 18.0. The Morgan fingerprint density at radius 1 is 1.20 bits per heavy atom. The molecule has 1 atom stereocenters. The minimum atomic E-state index is -3.57. The van der Waals surface area contributed by atoms with Crippen LogP contribution in [-0.2, 0) is 26.0 Å². The van der Waals surface area contributed by atoms with E-state index in [0.717, 1.165) is 11.1 Å². The lowest BCUT2D eigenvalue weighted by Gasteiger charge is -2.16. The smallest absolute Gasteiger partial charge is 0.307 e. The molecule has 132 valence electrons. The number of nitrogens with zero attached hydrogens (tertiary/aromatic N) is 1. The maximum Gasteiger partial charge on any atom is 0.307 e. The van der Waals surface area contributed by atoms with Crippen molar-refractivity contribution in [3.63, 3.8) is 0 Å². The number of benzene rings is 2. The predicted molar refractivity (Wildman–Crippen MR) is 92.8 cm³/mol. The van der Waals surface area contributed by atoms with Crippen molar-refractivity contribution < 1.29 is 23.1 Å². The van der Waals surface area contributed by atoms with Crippen LogP contribution in [0.3, 0.4) is 0 Å². The van der Waals surface area contributed by atoms with Gasteiger partial charge in [-0.2, -0.15) is 4.31 Å². The summed E-state index contributed by atoms with van der Waals surface area (Å²) in [5, 5.41) is 8.82. The third kappa shape index (κ3) is 4.25. The molecule has 0 spiro atoms. The first-order chi connectivity index (χ1) is 11.9. The van der Waals surface area contributed by atoms with Gasteiger partial charge < -0.3 is 9.84 Å². The summed E-state index contributed by atoms with van der Waals surface area (Å²) in [5.74, 6) is -0.886. The normalized spacial score (nSPS) is 16.8. The molecule has 3 rings (SSSR count). The topological polar surface area (TPSA) is 87.2 Å². The maximum absolute atomic E-state index is 12.7. The Balaban J connectivity index is 1.84. The third-order valence-electron chi connectivity index (χ3n) is 4.05. The zero-order valence-corrected chi connectivity index (χ0v) is 14.6. The van der Waals surface area contributed by atoms with Crippen LogP contribution >= 0.6 is 0 Å². The minimum absolute atomic E-state index is 0.00950. The van der Waals surface area contributed by atoms with Crippen LogP contribution in [0.25, 0.3) is 11.1 Å². The quantitative estimate of drug-likeness (QED) is 0.762. The summed E-state index contributed by atoms with van der Waals surface area (Å²) in [5.41, 5.74) is 2.29. The number of rotatable bonds is 7. The van der Waals surface area contributed by atoms with Gasteiger partial charge in [0.1, 0.15) is 0 Å². The molecule has 2 aromatic rings. The number of carboxylic acids is 1. The van der Waals surface area contributed by atoms with Crippen molar-refractivity contribution in [2.75, 3.05) is 20.2 Å². The van der Waals surface area contributed by atoms with Gasteiger partial charge in [0.05, 0.1) is 24.0 Å². The van der Waals surface area contributed by atoms with Gasteiger partial charge in [-0.1, -0.05) is 36.4 Å². The van der Waals surface area contributed by atoms with Crippen molar-refractivity contribution in [2.24, 2.45) is 0 Å². The first-order valence-corrected chi connectivity index (χ1v) is 9.29. The average molecular weight is 361 g/mol. The number of hydrogen-bond donors (Lipinski definition) is 1. The van der Waals surface area contributed by atoms with Crippen molar-refractivity contribution >= 4 is 16.0 Å². The first-order valence-electron chi connectivity index (χ1n) is 7.85. The largest absolute Gasteiger partial charge is 0.481 e. The summed E-state index contributed by atoms with van der Waals surface area (Å²) in [6.45, 7) is 0.943. The van der Waals surface area contributed by atoms with Crippen LogP contribution in [-0.4, -0.2) is 50.1 Å². The van der Waals surface area contributed by atoms with Gasteiger partial charge in [-0.05, 0) is 28.8 Å². The Labute approximate surface area is 146 Å². The van der Waals surface area contributed by atoms with E-state index in [-0.39, 0.29) is 17.4 Å². The van der Waals surface area contributed by atoms with Gasteiger partial charge in [0.15, 0.2) is 0 Å². The summed E-state index contributed by atoms with van der Waals surface area (Å²) >= 11 is 0. The number of carboxylic acid groups (broad SMARTS) is 1. The Bertz CT molecular complexity index is 873. The van der Waals surface area contributed by atoms with Gasteiger partial charge in [-0.25, -0.2) is 8.42 Å². The number of carbonyl (C=O) groups is 1. The van der Waals surface area contributed by atoms with Gasteiger partial charge in [0.25, 0.3) is 0 Å². The van der Waals surface area contributed by atoms with Gasteiger partial charge in [0, 0.05) is 13.6 Å². The predicted octanol–water partition coefficient (Wildman–Crippen LogP) is 2.00. The van der Waals surface area contributed by atoms with Gasteiger partial charge in [-0.3, -0.25) is 4.79 Å². The Morgan fingerprint density at radius 2 is 1.88 bits per heavy atom. The molecular weight excluding hydrogens is 342 g/mol. The van der Waals surface area contributed by atoms with E-state index >= 15 is 0 Å².